The number of alkyl halides is 3. The zero-order chi connectivity index (χ0) is 11.8. The monoisotopic (exact) mass is 222 g/mol. The van der Waals surface area contributed by atoms with Gasteiger partial charge in [-0.25, -0.2) is 4.68 Å². The number of rotatable bonds is 1. The van der Waals surface area contributed by atoms with Gasteiger partial charge in [-0.05, 0) is 6.92 Å². The molecule has 0 fully saturated rings. The van der Waals surface area contributed by atoms with E-state index in [0.717, 1.165) is 6.92 Å². The Hall–Kier alpha value is -1.78. The largest absolute Gasteiger partial charge is 0.410 e. The van der Waals surface area contributed by atoms with E-state index in [4.69, 9.17) is 11.0 Å². The van der Waals surface area contributed by atoms with Crippen molar-refractivity contribution in [2.75, 3.05) is 5.73 Å². The van der Waals surface area contributed by atoms with Gasteiger partial charge in [0.05, 0.1) is 0 Å². The molecule has 0 saturated carbocycles. The number of aromatic nitrogens is 2. The van der Waals surface area contributed by atoms with Crippen molar-refractivity contribution < 1.29 is 17.6 Å². The lowest BCUT2D eigenvalue weighted by atomic mass is 10.3. The number of nitrogens with two attached hydrogens (primary N) is 1. The minimum atomic E-state index is -4.60. The fraction of sp³-hybridized carbons (Fsp3) is 0.429. The maximum atomic E-state index is 12.8. The molecule has 0 aliphatic rings. The molecule has 82 valence electrons. The highest BCUT2D eigenvalue weighted by Crippen LogP contribution is 2.32. The van der Waals surface area contributed by atoms with Gasteiger partial charge < -0.3 is 5.73 Å². The van der Waals surface area contributed by atoms with Crippen LogP contribution in [0.2, 0.25) is 0 Å². The summed E-state index contributed by atoms with van der Waals surface area (Å²) in [5.41, 5.74) is 4.48. The zero-order valence-corrected chi connectivity index (χ0v) is 7.51. The minimum Gasteiger partial charge on any atom is -0.383 e. The predicted octanol–water partition coefficient (Wildman–Crippen LogP) is 1.60. The summed E-state index contributed by atoms with van der Waals surface area (Å²) in [5, 5.41) is 11.3. The molecule has 0 aromatic carbocycles. The molecule has 2 N–H and O–H groups in total. The van der Waals surface area contributed by atoms with E-state index >= 15 is 0 Å². The van der Waals surface area contributed by atoms with Crippen molar-refractivity contribution in [1.82, 2.24) is 9.78 Å². The molecule has 1 rings (SSSR count). The Labute approximate surface area is 81.9 Å². The Morgan fingerprint density at radius 3 is 2.40 bits per heavy atom. The summed E-state index contributed by atoms with van der Waals surface area (Å²) in [6, 6.07) is -0.735. The van der Waals surface area contributed by atoms with Crippen LogP contribution in [0, 0.1) is 17.3 Å². The van der Waals surface area contributed by atoms with Crippen molar-refractivity contribution in [1.29, 1.82) is 5.26 Å². The third kappa shape index (κ3) is 1.86. The second-order valence-electron chi connectivity index (χ2n) is 2.83. The number of nitrogens with zero attached hydrogens (tertiary/aromatic N) is 3. The first kappa shape index (κ1) is 11.3. The highest BCUT2D eigenvalue weighted by molar-refractivity contribution is 5.48. The van der Waals surface area contributed by atoms with E-state index in [1.54, 1.807) is 0 Å². The fourth-order valence-corrected chi connectivity index (χ4v) is 0.956. The number of anilines is 1. The average molecular weight is 222 g/mol. The topological polar surface area (TPSA) is 67.6 Å². The Kier molecular flexibility index (Phi) is 2.57. The van der Waals surface area contributed by atoms with Gasteiger partial charge in [0.2, 0.25) is 0 Å². The van der Waals surface area contributed by atoms with E-state index in [2.05, 4.69) is 5.10 Å². The van der Waals surface area contributed by atoms with Gasteiger partial charge in [-0.3, -0.25) is 0 Å². The lowest BCUT2D eigenvalue weighted by Gasteiger charge is -2.16. The highest BCUT2D eigenvalue weighted by atomic mass is 19.4. The normalized spacial score (nSPS) is 13.6. The first-order chi connectivity index (χ1) is 6.79. The lowest BCUT2D eigenvalue weighted by molar-refractivity contribution is -0.165. The average Bonchev–Trinajstić information content (AvgIpc) is 2.39. The molecule has 1 heterocycles. The van der Waals surface area contributed by atoms with Gasteiger partial charge in [0.1, 0.15) is 17.9 Å². The van der Waals surface area contributed by atoms with Crippen molar-refractivity contribution in [3.05, 3.63) is 11.5 Å². The van der Waals surface area contributed by atoms with Crippen molar-refractivity contribution in [2.24, 2.45) is 0 Å². The van der Waals surface area contributed by atoms with E-state index in [-0.39, 0.29) is 4.68 Å². The van der Waals surface area contributed by atoms with Crippen LogP contribution in [-0.4, -0.2) is 16.0 Å². The summed E-state index contributed by atoms with van der Waals surface area (Å²) in [4.78, 5) is 0. The molecule has 15 heavy (non-hydrogen) atoms. The molecule has 0 aliphatic heterocycles. The second kappa shape index (κ2) is 3.42. The van der Waals surface area contributed by atoms with Crippen LogP contribution >= 0.6 is 0 Å². The molecule has 0 saturated heterocycles. The first-order valence-corrected chi connectivity index (χ1v) is 3.79. The molecule has 1 aromatic rings. The molecule has 1 aromatic heterocycles. The SMILES string of the molecule is CC(n1nc(F)c(C#N)c1N)C(F)(F)F. The van der Waals surface area contributed by atoms with Gasteiger partial charge in [0, 0.05) is 0 Å². The summed E-state index contributed by atoms with van der Waals surface area (Å²) < 4.78 is 49.8. The van der Waals surface area contributed by atoms with E-state index in [1.165, 1.54) is 6.07 Å². The number of hydrogen-bond donors (Lipinski definition) is 1. The molecule has 1 atom stereocenters. The number of hydrogen-bond acceptors (Lipinski definition) is 3. The highest BCUT2D eigenvalue weighted by Gasteiger charge is 2.40. The molecular formula is C7H6F4N4. The molecule has 0 bridgehead atoms. The summed E-state index contributed by atoms with van der Waals surface area (Å²) >= 11 is 0. The molecular weight excluding hydrogens is 216 g/mol. The van der Waals surface area contributed by atoms with E-state index in [9.17, 15) is 17.6 Å². The third-order valence-corrected chi connectivity index (χ3v) is 1.86. The summed E-state index contributed by atoms with van der Waals surface area (Å²) in [6.45, 7) is 0.768. The molecule has 0 spiro atoms. The van der Waals surface area contributed by atoms with Gasteiger partial charge in [0.25, 0.3) is 5.95 Å². The number of halogens is 4. The van der Waals surface area contributed by atoms with E-state index < -0.39 is 29.5 Å². The van der Waals surface area contributed by atoms with Crippen LogP contribution in [0.5, 0.6) is 0 Å². The number of nitriles is 1. The van der Waals surface area contributed by atoms with Crippen molar-refractivity contribution in [3.63, 3.8) is 0 Å². The van der Waals surface area contributed by atoms with Crippen molar-refractivity contribution in [2.45, 2.75) is 19.1 Å². The molecule has 0 radical (unpaired) electrons. The molecule has 4 nitrogen and oxygen atoms in total. The zero-order valence-electron chi connectivity index (χ0n) is 7.51. The van der Waals surface area contributed by atoms with Crippen LogP contribution in [0.3, 0.4) is 0 Å². The van der Waals surface area contributed by atoms with Gasteiger partial charge in [-0.1, -0.05) is 0 Å². The first-order valence-electron chi connectivity index (χ1n) is 3.79. The number of nitrogen functional groups attached to an aromatic ring is 1. The van der Waals surface area contributed by atoms with Gasteiger partial charge in [-0.15, -0.1) is 5.10 Å². The van der Waals surface area contributed by atoms with Crippen molar-refractivity contribution >= 4 is 5.82 Å². The third-order valence-electron chi connectivity index (χ3n) is 1.86. The van der Waals surface area contributed by atoms with Crippen LogP contribution in [0.1, 0.15) is 18.5 Å². The molecule has 8 heteroatoms. The maximum absolute atomic E-state index is 12.8. The Morgan fingerprint density at radius 1 is 1.53 bits per heavy atom. The standard InChI is InChI=1S/C7H6F4N4/c1-3(7(9,10)11)15-6(13)4(2-12)5(8)14-15/h3H,13H2,1H3. The molecule has 0 aliphatic carbocycles. The van der Waals surface area contributed by atoms with Crippen molar-refractivity contribution in [3.8, 4) is 6.07 Å². The van der Waals surface area contributed by atoms with E-state index in [0.29, 0.717) is 0 Å². The smallest absolute Gasteiger partial charge is 0.383 e. The molecule has 0 amide bonds. The van der Waals surface area contributed by atoms with Crippen LogP contribution in [0.15, 0.2) is 0 Å². The Bertz CT molecular complexity index is 414. The summed E-state index contributed by atoms with van der Waals surface area (Å²) in [5.74, 6) is -1.93. The van der Waals surface area contributed by atoms with Gasteiger partial charge in [0.15, 0.2) is 5.56 Å². The Balaban J connectivity index is 3.24. The second-order valence-corrected chi connectivity index (χ2v) is 2.83. The predicted molar refractivity (Wildman–Crippen MR) is 42.1 cm³/mol. The summed E-state index contributed by atoms with van der Waals surface area (Å²) in [6.07, 6.45) is -4.60. The lowest BCUT2D eigenvalue weighted by Crippen LogP contribution is -2.25. The van der Waals surface area contributed by atoms with Crippen LogP contribution in [0.4, 0.5) is 23.4 Å². The van der Waals surface area contributed by atoms with Crippen LogP contribution in [0.25, 0.3) is 0 Å². The van der Waals surface area contributed by atoms with E-state index in [1.807, 2.05) is 0 Å². The van der Waals surface area contributed by atoms with Crippen LogP contribution in [-0.2, 0) is 0 Å². The minimum absolute atomic E-state index is 0.244. The van der Waals surface area contributed by atoms with Crippen LogP contribution < -0.4 is 5.73 Å². The maximum Gasteiger partial charge on any atom is 0.410 e. The molecule has 1 unspecified atom stereocenters. The van der Waals surface area contributed by atoms with Gasteiger partial charge in [-0.2, -0.15) is 22.8 Å². The Morgan fingerprint density at radius 2 is 2.07 bits per heavy atom. The quantitative estimate of drug-likeness (QED) is 0.734. The fourth-order valence-electron chi connectivity index (χ4n) is 0.956. The summed E-state index contributed by atoms with van der Waals surface area (Å²) in [7, 11) is 0. The van der Waals surface area contributed by atoms with Gasteiger partial charge >= 0.3 is 6.18 Å².